The number of nitrogens with one attached hydrogen (secondary N) is 1. The number of amides is 1. The highest BCUT2D eigenvalue weighted by atomic mass is 32.2. The molecule has 0 spiro atoms. The molecule has 30 heavy (non-hydrogen) atoms. The number of benzene rings is 2. The van der Waals surface area contributed by atoms with E-state index < -0.39 is 21.6 Å². The van der Waals surface area contributed by atoms with E-state index >= 15 is 0 Å². The molecule has 0 saturated carbocycles. The average Bonchev–Trinajstić information content (AvgIpc) is 2.76. The Morgan fingerprint density at radius 2 is 1.80 bits per heavy atom. The van der Waals surface area contributed by atoms with Crippen LogP contribution in [-0.4, -0.2) is 37.9 Å². The molecule has 1 aromatic heterocycles. The van der Waals surface area contributed by atoms with Crippen LogP contribution >= 0.6 is 0 Å². The molecular formula is C21H21N3O5S. The zero-order chi connectivity index (χ0) is 21.9. The van der Waals surface area contributed by atoms with Crippen molar-refractivity contribution in [2.24, 2.45) is 5.10 Å². The second kappa shape index (κ2) is 8.60. The minimum atomic E-state index is -3.54. The maximum absolute atomic E-state index is 12.4. The quantitative estimate of drug-likeness (QED) is 0.369. The van der Waals surface area contributed by atoms with Crippen LogP contribution in [0.3, 0.4) is 0 Å². The number of nitrogens with zero attached hydrogens (tertiary/aromatic N) is 2. The Balaban J connectivity index is 1.79. The monoisotopic (exact) mass is 427 g/mol. The maximum Gasteiger partial charge on any atom is 0.349 e. The van der Waals surface area contributed by atoms with Crippen LogP contribution in [0.2, 0.25) is 0 Å². The fourth-order valence-electron chi connectivity index (χ4n) is 2.70. The van der Waals surface area contributed by atoms with Crippen molar-refractivity contribution in [1.82, 2.24) is 9.73 Å². The van der Waals surface area contributed by atoms with E-state index in [0.717, 1.165) is 0 Å². The molecular weight excluding hydrogens is 406 g/mol. The molecule has 2 aromatic carbocycles. The molecule has 9 heteroatoms. The second-order valence-corrected chi connectivity index (χ2v) is 8.61. The molecule has 3 aromatic rings. The van der Waals surface area contributed by atoms with Crippen LogP contribution in [0.5, 0.6) is 0 Å². The van der Waals surface area contributed by atoms with Gasteiger partial charge >= 0.3 is 5.63 Å². The molecule has 3 rings (SSSR count). The Labute approximate surface area is 173 Å². The first-order chi connectivity index (χ1) is 14.2. The number of sulfonamides is 1. The number of para-hydroxylation sites is 1. The van der Waals surface area contributed by atoms with E-state index in [9.17, 15) is 18.0 Å². The Morgan fingerprint density at radius 1 is 1.13 bits per heavy atom. The maximum atomic E-state index is 12.4. The van der Waals surface area contributed by atoms with Gasteiger partial charge in [-0.25, -0.2) is 22.9 Å². The summed E-state index contributed by atoms with van der Waals surface area (Å²) < 4.78 is 31.1. The van der Waals surface area contributed by atoms with Crippen molar-refractivity contribution in [1.29, 1.82) is 0 Å². The lowest BCUT2D eigenvalue weighted by atomic mass is 10.1. The summed E-state index contributed by atoms with van der Waals surface area (Å²) in [6.45, 7) is 3.77. The van der Waals surface area contributed by atoms with Crippen molar-refractivity contribution in [2.45, 2.75) is 18.7 Å². The van der Waals surface area contributed by atoms with Gasteiger partial charge in [-0.3, -0.25) is 4.79 Å². The average molecular weight is 427 g/mol. The third kappa shape index (κ3) is 4.32. The third-order valence-electron chi connectivity index (χ3n) is 4.64. The molecule has 8 nitrogen and oxygen atoms in total. The first-order valence-electron chi connectivity index (χ1n) is 9.18. The van der Waals surface area contributed by atoms with E-state index in [1.165, 1.54) is 29.6 Å². The molecule has 0 atom stereocenters. The predicted octanol–water partition coefficient (Wildman–Crippen LogP) is 2.59. The summed E-state index contributed by atoms with van der Waals surface area (Å²) in [7, 11) is -2.03. The van der Waals surface area contributed by atoms with Crippen LogP contribution in [0.25, 0.3) is 11.0 Å². The van der Waals surface area contributed by atoms with Crippen LogP contribution in [-0.2, 0) is 10.0 Å². The summed E-state index contributed by atoms with van der Waals surface area (Å²) in [6.07, 6.45) is 0. The van der Waals surface area contributed by atoms with Gasteiger partial charge in [0.05, 0.1) is 10.6 Å². The fraction of sp³-hybridized carbons (Fsp3) is 0.190. The SMILES string of the molecule is CCN(C)S(=O)(=O)c1ccc(/C(C)=N/NC(=O)c2cc3ccccc3oc2=O)cc1. The van der Waals surface area contributed by atoms with Crippen LogP contribution in [0.1, 0.15) is 29.8 Å². The van der Waals surface area contributed by atoms with E-state index in [1.54, 1.807) is 50.2 Å². The molecule has 0 unspecified atom stereocenters. The molecule has 0 bridgehead atoms. The van der Waals surface area contributed by atoms with Gasteiger partial charge in [0.25, 0.3) is 5.91 Å². The largest absolute Gasteiger partial charge is 0.422 e. The molecule has 0 saturated heterocycles. The van der Waals surface area contributed by atoms with Gasteiger partial charge in [-0.15, -0.1) is 0 Å². The summed E-state index contributed by atoms with van der Waals surface area (Å²) >= 11 is 0. The van der Waals surface area contributed by atoms with E-state index in [4.69, 9.17) is 4.42 Å². The molecule has 1 amide bonds. The van der Waals surface area contributed by atoms with E-state index in [0.29, 0.717) is 28.8 Å². The summed E-state index contributed by atoms with van der Waals surface area (Å²) in [5.41, 5.74) is 2.88. The molecule has 0 aliphatic heterocycles. The second-order valence-electron chi connectivity index (χ2n) is 6.57. The van der Waals surface area contributed by atoms with Crippen LogP contribution in [0.15, 0.2) is 73.8 Å². The number of hydrogen-bond acceptors (Lipinski definition) is 6. The first-order valence-corrected chi connectivity index (χ1v) is 10.6. The van der Waals surface area contributed by atoms with E-state index in [-0.39, 0.29) is 10.5 Å². The number of carbonyl (C=O) groups is 1. The Bertz CT molecular complexity index is 1280. The van der Waals surface area contributed by atoms with Gasteiger partial charge in [0.15, 0.2) is 0 Å². The lowest BCUT2D eigenvalue weighted by molar-refractivity contribution is 0.0951. The summed E-state index contributed by atoms with van der Waals surface area (Å²) in [5, 5.41) is 4.63. The number of rotatable bonds is 6. The Kier molecular flexibility index (Phi) is 6.14. The Hall–Kier alpha value is -3.30. The molecule has 0 fully saturated rings. The van der Waals surface area contributed by atoms with Gasteiger partial charge in [0, 0.05) is 19.0 Å². The van der Waals surface area contributed by atoms with Crippen molar-refractivity contribution < 1.29 is 17.6 Å². The molecule has 156 valence electrons. The third-order valence-corrected chi connectivity index (χ3v) is 6.58. The Morgan fingerprint density at radius 3 is 2.47 bits per heavy atom. The minimum absolute atomic E-state index is 0.158. The van der Waals surface area contributed by atoms with Gasteiger partial charge in [-0.05, 0) is 36.8 Å². The summed E-state index contributed by atoms with van der Waals surface area (Å²) in [5.74, 6) is -0.697. The number of hydrazone groups is 1. The highest BCUT2D eigenvalue weighted by Gasteiger charge is 2.19. The lowest BCUT2D eigenvalue weighted by Crippen LogP contribution is -2.26. The van der Waals surface area contributed by atoms with Crippen LogP contribution in [0, 0.1) is 0 Å². The molecule has 0 radical (unpaired) electrons. The first kappa shape index (κ1) is 21.4. The molecule has 0 aliphatic rings. The normalized spacial score (nSPS) is 12.3. The van der Waals surface area contributed by atoms with Crippen LogP contribution < -0.4 is 11.1 Å². The van der Waals surface area contributed by atoms with Crippen molar-refractivity contribution in [3.63, 3.8) is 0 Å². The van der Waals surface area contributed by atoms with Gasteiger partial charge in [0.2, 0.25) is 10.0 Å². The number of hydrogen-bond donors (Lipinski definition) is 1. The number of fused-ring (bicyclic) bond motifs is 1. The van der Waals surface area contributed by atoms with Gasteiger partial charge in [-0.2, -0.15) is 5.10 Å². The number of carbonyl (C=O) groups excluding carboxylic acids is 1. The summed E-state index contributed by atoms with van der Waals surface area (Å²) in [6, 6.07) is 14.5. The van der Waals surface area contributed by atoms with Crippen molar-refractivity contribution in [2.75, 3.05) is 13.6 Å². The van der Waals surface area contributed by atoms with Gasteiger partial charge in [0.1, 0.15) is 11.1 Å². The predicted molar refractivity (Wildman–Crippen MR) is 114 cm³/mol. The van der Waals surface area contributed by atoms with Gasteiger partial charge < -0.3 is 4.42 Å². The zero-order valence-corrected chi connectivity index (χ0v) is 17.6. The highest BCUT2D eigenvalue weighted by Crippen LogP contribution is 2.16. The van der Waals surface area contributed by atoms with Gasteiger partial charge in [-0.1, -0.05) is 37.3 Å². The van der Waals surface area contributed by atoms with Crippen LogP contribution in [0.4, 0.5) is 0 Å². The fourth-order valence-corrected chi connectivity index (χ4v) is 3.88. The van der Waals surface area contributed by atoms with Crippen molar-refractivity contribution >= 4 is 32.6 Å². The molecule has 0 aliphatic carbocycles. The smallest absolute Gasteiger partial charge is 0.349 e. The summed E-state index contributed by atoms with van der Waals surface area (Å²) in [4.78, 5) is 24.6. The topological polar surface area (TPSA) is 109 Å². The highest BCUT2D eigenvalue weighted by molar-refractivity contribution is 7.89. The molecule has 1 N–H and O–H groups in total. The van der Waals surface area contributed by atoms with Crippen molar-refractivity contribution in [3.8, 4) is 0 Å². The van der Waals surface area contributed by atoms with E-state index in [2.05, 4.69) is 10.5 Å². The lowest BCUT2D eigenvalue weighted by Gasteiger charge is -2.15. The van der Waals surface area contributed by atoms with E-state index in [1.807, 2.05) is 0 Å². The van der Waals surface area contributed by atoms with Crippen molar-refractivity contribution in [3.05, 3.63) is 76.1 Å². The molecule has 1 heterocycles. The standard InChI is InChI=1S/C21H21N3O5S/c1-4-24(3)30(27,28)17-11-9-15(10-12-17)14(2)22-23-20(25)18-13-16-7-5-6-8-19(16)29-21(18)26/h5-13H,4H2,1-3H3,(H,23,25)/b22-14+. The minimum Gasteiger partial charge on any atom is -0.422 e. The zero-order valence-electron chi connectivity index (χ0n) is 16.7.